The van der Waals surface area contributed by atoms with Gasteiger partial charge in [0, 0.05) is 34.6 Å². The first kappa shape index (κ1) is 21.4. The zero-order valence-electron chi connectivity index (χ0n) is 18.9. The maximum Gasteiger partial charge on any atom is 0.164 e. The molecule has 1 aromatic heterocycles. The van der Waals surface area contributed by atoms with E-state index in [9.17, 15) is 0 Å². The van der Waals surface area contributed by atoms with E-state index >= 15 is 0 Å². The molecule has 3 aromatic carbocycles. The predicted octanol–water partition coefficient (Wildman–Crippen LogP) is 5.39. The SMILES string of the molecule is COc1ccc(C(c2cc(OC)c(OC)cc2OC)c2c[nH]c3ccccc23)cc1OC. The standard InChI is InChI=1S/C26H27NO5/c1-28-21-11-10-16(12-23(21)30-3)26(19-15-27-20-9-7-6-8-17(19)20)18-13-24(31-4)25(32-5)14-22(18)29-2/h6-15,26-27H,1-5H3. The Balaban J connectivity index is 2.01. The minimum Gasteiger partial charge on any atom is -0.496 e. The van der Waals surface area contributed by atoms with Crippen LogP contribution in [0.2, 0.25) is 0 Å². The number of para-hydroxylation sites is 1. The number of methoxy groups -OCH3 is 5. The Morgan fingerprint density at radius 2 is 1.22 bits per heavy atom. The number of hydrogen-bond acceptors (Lipinski definition) is 5. The number of ether oxygens (including phenoxy) is 5. The van der Waals surface area contributed by atoms with Crippen LogP contribution in [-0.4, -0.2) is 40.5 Å². The predicted molar refractivity (Wildman–Crippen MR) is 125 cm³/mol. The molecule has 1 N–H and O–H groups in total. The van der Waals surface area contributed by atoms with Crippen molar-refractivity contribution in [2.24, 2.45) is 0 Å². The van der Waals surface area contributed by atoms with E-state index in [-0.39, 0.29) is 5.92 Å². The minimum absolute atomic E-state index is 0.166. The van der Waals surface area contributed by atoms with E-state index in [0.29, 0.717) is 28.7 Å². The monoisotopic (exact) mass is 433 g/mol. The van der Waals surface area contributed by atoms with Crippen LogP contribution in [0.15, 0.2) is 60.8 Å². The van der Waals surface area contributed by atoms with Gasteiger partial charge in [0.2, 0.25) is 0 Å². The molecular weight excluding hydrogens is 406 g/mol. The highest BCUT2D eigenvalue weighted by Crippen LogP contribution is 2.46. The average Bonchev–Trinajstić information content (AvgIpc) is 3.27. The molecule has 0 aliphatic heterocycles. The second-order valence-electron chi connectivity index (χ2n) is 7.29. The number of rotatable bonds is 8. The molecule has 0 aliphatic carbocycles. The second kappa shape index (κ2) is 9.14. The topological polar surface area (TPSA) is 61.9 Å². The summed E-state index contributed by atoms with van der Waals surface area (Å²) < 4.78 is 28.0. The highest BCUT2D eigenvalue weighted by atomic mass is 16.5. The number of aromatic nitrogens is 1. The second-order valence-corrected chi connectivity index (χ2v) is 7.29. The molecule has 1 heterocycles. The van der Waals surface area contributed by atoms with E-state index in [1.807, 2.05) is 48.7 Å². The molecule has 1 unspecified atom stereocenters. The summed E-state index contributed by atoms with van der Waals surface area (Å²) in [6.07, 6.45) is 2.04. The van der Waals surface area contributed by atoms with Crippen LogP contribution in [0.1, 0.15) is 22.6 Å². The molecule has 32 heavy (non-hydrogen) atoms. The van der Waals surface area contributed by atoms with Gasteiger partial charge in [-0.25, -0.2) is 0 Å². The first-order valence-electron chi connectivity index (χ1n) is 10.2. The van der Waals surface area contributed by atoms with Crippen molar-refractivity contribution in [3.63, 3.8) is 0 Å². The Morgan fingerprint density at radius 3 is 1.91 bits per heavy atom. The van der Waals surface area contributed by atoms with Crippen LogP contribution < -0.4 is 23.7 Å². The molecule has 0 spiro atoms. The maximum atomic E-state index is 5.80. The fourth-order valence-electron chi connectivity index (χ4n) is 4.17. The summed E-state index contributed by atoms with van der Waals surface area (Å²) in [5.74, 6) is 3.11. The molecule has 0 aliphatic rings. The largest absolute Gasteiger partial charge is 0.496 e. The fourth-order valence-corrected chi connectivity index (χ4v) is 4.17. The van der Waals surface area contributed by atoms with E-state index in [4.69, 9.17) is 23.7 Å². The van der Waals surface area contributed by atoms with Gasteiger partial charge >= 0.3 is 0 Å². The van der Waals surface area contributed by atoms with Crippen LogP contribution in [0.3, 0.4) is 0 Å². The lowest BCUT2D eigenvalue weighted by Crippen LogP contribution is -2.07. The van der Waals surface area contributed by atoms with Crippen LogP contribution in [0, 0.1) is 0 Å². The molecule has 6 heteroatoms. The van der Waals surface area contributed by atoms with Crippen molar-refractivity contribution in [1.82, 2.24) is 4.98 Å². The molecular formula is C26H27NO5. The van der Waals surface area contributed by atoms with Crippen molar-refractivity contribution < 1.29 is 23.7 Å². The molecule has 166 valence electrons. The van der Waals surface area contributed by atoms with Gasteiger partial charge in [-0.1, -0.05) is 24.3 Å². The third-order valence-corrected chi connectivity index (χ3v) is 5.72. The van der Waals surface area contributed by atoms with E-state index in [1.54, 1.807) is 35.5 Å². The maximum absolute atomic E-state index is 5.80. The molecule has 0 amide bonds. The van der Waals surface area contributed by atoms with E-state index < -0.39 is 0 Å². The zero-order chi connectivity index (χ0) is 22.7. The molecule has 0 fully saturated rings. The van der Waals surface area contributed by atoms with Gasteiger partial charge in [-0.05, 0) is 35.4 Å². The third-order valence-electron chi connectivity index (χ3n) is 5.72. The van der Waals surface area contributed by atoms with Gasteiger partial charge < -0.3 is 28.7 Å². The Labute approximate surface area is 187 Å². The first-order chi connectivity index (χ1) is 15.6. The van der Waals surface area contributed by atoms with Crippen LogP contribution in [0.25, 0.3) is 10.9 Å². The van der Waals surface area contributed by atoms with Crippen molar-refractivity contribution >= 4 is 10.9 Å². The third kappa shape index (κ3) is 3.68. The molecule has 0 radical (unpaired) electrons. The minimum atomic E-state index is -0.166. The van der Waals surface area contributed by atoms with Gasteiger partial charge in [-0.3, -0.25) is 0 Å². The Hall–Kier alpha value is -3.80. The molecule has 0 saturated carbocycles. The normalized spacial score (nSPS) is 11.8. The van der Waals surface area contributed by atoms with E-state index in [2.05, 4.69) is 17.1 Å². The summed E-state index contributed by atoms with van der Waals surface area (Å²) in [6, 6.07) is 18.0. The van der Waals surface area contributed by atoms with Gasteiger partial charge in [-0.2, -0.15) is 0 Å². The van der Waals surface area contributed by atoms with E-state index in [1.165, 1.54) is 0 Å². The quantitative estimate of drug-likeness (QED) is 0.404. The van der Waals surface area contributed by atoms with Crippen molar-refractivity contribution in [1.29, 1.82) is 0 Å². The van der Waals surface area contributed by atoms with Crippen molar-refractivity contribution in [3.05, 3.63) is 77.5 Å². The molecule has 4 aromatic rings. The Kier molecular flexibility index (Phi) is 6.12. The average molecular weight is 434 g/mol. The Morgan fingerprint density at radius 1 is 0.594 bits per heavy atom. The zero-order valence-corrected chi connectivity index (χ0v) is 18.9. The summed E-state index contributed by atoms with van der Waals surface area (Å²) in [6.45, 7) is 0. The lowest BCUT2D eigenvalue weighted by atomic mass is 9.84. The van der Waals surface area contributed by atoms with Crippen LogP contribution in [-0.2, 0) is 0 Å². The molecule has 0 saturated heterocycles. The van der Waals surface area contributed by atoms with Crippen molar-refractivity contribution in [3.8, 4) is 28.7 Å². The lowest BCUT2D eigenvalue weighted by molar-refractivity contribution is 0.347. The van der Waals surface area contributed by atoms with Crippen molar-refractivity contribution in [2.45, 2.75) is 5.92 Å². The first-order valence-corrected chi connectivity index (χ1v) is 10.2. The van der Waals surface area contributed by atoms with Gasteiger partial charge in [0.05, 0.1) is 35.5 Å². The summed E-state index contributed by atoms with van der Waals surface area (Å²) in [5, 5.41) is 1.13. The summed E-state index contributed by atoms with van der Waals surface area (Å²) in [5.41, 5.74) is 4.14. The summed E-state index contributed by atoms with van der Waals surface area (Å²) in [7, 11) is 8.17. The van der Waals surface area contributed by atoms with Gasteiger partial charge in [0.25, 0.3) is 0 Å². The highest BCUT2D eigenvalue weighted by molar-refractivity contribution is 5.85. The van der Waals surface area contributed by atoms with Gasteiger partial charge in [-0.15, -0.1) is 0 Å². The number of fused-ring (bicyclic) bond motifs is 1. The Bertz CT molecular complexity index is 1230. The van der Waals surface area contributed by atoms with E-state index in [0.717, 1.165) is 27.6 Å². The number of H-pyrrole nitrogens is 1. The van der Waals surface area contributed by atoms with Crippen LogP contribution in [0.5, 0.6) is 28.7 Å². The van der Waals surface area contributed by atoms with Gasteiger partial charge in [0.15, 0.2) is 23.0 Å². The van der Waals surface area contributed by atoms with Crippen LogP contribution in [0.4, 0.5) is 0 Å². The van der Waals surface area contributed by atoms with Gasteiger partial charge in [0.1, 0.15) is 5.75 Å². The number of aromatic amines is 1. The lowest BCUT2D eigenvalue weighted by Gasteiger charge is -2.23. The number of nitrogens with one attached hydrogen (secondary N) is 1. The summed E-state index contributed by atoms with van der Waals surface area (Å²) in [4.78, 5) is 3.40. The van der Waals surface area contributed by atoms with Crippen LogP contribution >= 0.6 is 0 Å². The molecule has 1 atom stereocenters. The highest BCUT2D eigenvalue weighted by Gasteiger charge is 2.26. The number of hydrogen-bond donors (Lipinski definition) is 1. The molecule has 6 nitrogen and oxygen atoms in total. The molecule has 0 bridgehead atoms. The number of benzene rings is 3. The fraction of sp³-hybridized carbons (Fsp3) is 0.231. The summed E-state index contributed by atoms with van der Waals surface area (Å²) >= 11 is 0. The van der Waals surface area contributed by atoms with Crippen molar-refractivity contribution in [2.75, 3.05) is 35.5 Å². The molecule has 4 rings (SSSR count). The smallest absolute Gasteiger partial charge is 0.164 e.